The molecular weight excluding hydrogens is 524 g/mol. The Morgan fingerprint density at radius 3 is 2.31 bits per heavy atom. The van der Waals surface area contributed by atoms with E-state index in [4.69, 9.17) is 14.2 Å². The van der Waals surface area contributed by atoms with Crippen LogP contribution in [-0.2, 0) is 9.59 Å². The van der Waals surface area contributed by atoms with Gasteiger partial charge in [-0.2, -0.15) is 0 Å². The molecule has 1 N–H and O–H groups in total. The third kappa shape index (κ3) is 5.18. The molecule has 8 heteroatoms. The van der Waals surface area contributed by atoms with Crippen LogP contribution < -0.4 is 24.4 Å². The normalized spacial score (nSPS) is 17.5. The maximum atomic E-state index is 13.7. The molecule has 36 heavy (non-hydrogen) atoms. The minimum atomic E-state index is -0.546. The third-order valence-electron chi connectivity index (χ3n) is 6.48. The summed E-state index contributed by atoms with van der Waals surface area (Å²) < 4.78 is 17.2. The van der Waals surface area contributed by atoms with Gasteiger partial charge in [-0.05, 0) is 79.1 Å². The van der Waals surface area contributed by atoms with E-state index >= 15 is 0 Å². The van der Waals surface area contributed by atoms with Gasteiger partial charge in [0.1, 0.15) is 5.75 Å². The molecule has 1 fully saturated rings. The van der Waals surface area contributed by atoms with Crippen molar-refractivity contribution in [1.82, 2.24) is 0 Å². The minimum Gasteiger partial charge on any atom is -0.497 e. The number of piperidine rings is 1. The van der Waals surface area contributed by atoms with Crippen molar-refractivity contribution in [2.45, 2.75) is 25.8 Å². The lowest BCUT2D eigenvalue weighted by Crippen LogP contribution is -2.47. The molecule has 1 saturated heterocycles. The van der Waals surface area contributed by atoms with Crippen LogP contribution in [0.4, 0.5) is 11.4 Å². The maximum absolute atomic E-state index is 13.7. The van der Waals surface area contributed by atoms with Gasteiger partial charge < -0.3 is 24.4 Å². The standard InChI is InChI=1S/C28H29BrN2O5/c1-17-15-19(29)6-12-23(17)30-28(33)22-11-14-26(32)31(20-7-9-21(34-2)10-8-20)27(22)18-5-13-24(35-3)25(16-18)36-4/h5-10,12-13,15-16,22,27H,11,14H2,1-4H3,(H,30,33)/t22-,27-/m1/s1. The van der Waals surface area contributed by atoms with E-state index in [1.807, 2.05) is 61.5 Å². The zero-order valence-electron chi connectivity index (χ0n) is 20.7. The Bertz CT molecular complexity index is 1260. The van der Waals surface area contributed by atoms with Gasteiger partial charge in [0.2, 0.25) is 11.8 Å². The second-order valence-electron chi connectivity index (χ2n) is 8.61. The highest BCUT2D eigenvalue weighted by Gasteiger charge is 2.42. The lowest BCUT2D eigenvalue weighted by atomic mass is 9.83. The molecule has 3 aromatic rings. The van der Waals surface area contributed by atoms with E-state index in [9.17, 15) is 9.59 Å². The zero-order chi connectivity index (χ0) is 25.8. The molecule has 0 spiro atoms. The van der Waals surface area contributed by atoms with E-state index in [1.165, 1.54) is 0 Å². The molecule has 2 amide bonds. The molecular formula is C28H29BrN2O5. The topological polar surface area (TPSA) is 77.1 Å². The third-order valence-corrected chi connectivity index (χ3v) is 6.97. The number of hydrogen-bond donors (Lipinski definition) is 1. The number of methoxy groups -OCH3 is 3. The largest absolute Gasteiger partial charge is 0.497 e. The fourth-order valence-corrected chi connectivity index (χ4v) is 5.10. The molecule has 0 aromatic heterocycles. The van der Waals surface area contributed by atoms with Crippen LogP contribution in [0.2, 0.25) is 0 Å². The van der Waals surface area contributed by atoms with E-state index < -0.39 is 12.0 Å². The molecule has 0 saturated carbocycles. The van der Waals surface area contributed by atoms with Crippen LogP contribution in [-0.4, -0.2) is 33.1 Å². The van der Waals surface area contributed by atoms with Gasteiger partial charge in [0.15, 0.2) is 11.5 Å². The molecule has 0 radical (unpaired) electrons. The number of rotatable bonds is 7. The summed E-state index contributed by atoms with van der Waals surface area (Å²) in [5.74, 6) is 1.10. The summed E-state index contributed by atoms with van der Waals surface area (Å²) in [5.41, 5.74) is 3.16. The number of nitrogens with zero attached hydrogens (tertiary/aromatic N) is 1. The Kier molecular flexibility index (Phi) is 7.84. The maximum Gasteiger partial charge on any atom is 0.229 e. The Morgan fingerprint density at radius 1 is 0.944 bits per heavy atom. The van der Waals surface area contributed by atoms with Gasteiger partial charge in [0.25, 0.3) is 0 Å². The van der Waals surface area contributed by atoms with Gasteiger partial charge in [-0.25, -0.2) is 0 Å². The fourth-order valence-electron chi connectivity index (χ4n) is 4.63. The number of hydrogen-bond acceptors (Lipinski definition) is 5. The van der Waals surface area contributed by atoms with Crippen molar-refractivity contribution in [2.75, 3.05) is 31.5 Å². The van der Waals surface area contributed by atoms with Crippen molar-refractivity contribution < 1.29 is 23.8 Å². The monoisotopic (exact) mass is 552 g/mol. The Labute approximate surface area is 219 Å². The predicted octanol–water partition coefficient (Wildman–Crippen LogP) is 5.91. The Hall–Kier alpha value is -3.52. The summed E-state index contributed by atoms with van der Waals surface area (Å²) in [5, 5.41) is 3.09. The fraction of sp³-hybridized carbons (Fsp3) is 0.286. The van der Waals surface area contributed by atoms with E-state index in [0.717, 1.165) is 21.3 Å². The van der Waals surface area contributed by atoms with Crippen LogP contribution in [0.15, 0.2) is 65.1 Å². The van der Waals surface area contributed by atoms with Crippen LogP contribution in [0.25, 0.3) is 0 Å². The second-order valence-corrected chi connectivity index (χ2v) is 9.53. The molecule has 1 aliphatic rings. The minimum absolute atomic E-state index is 0.0520. The molecule has 3 aromatic carbocycles. The average molecular weight is 553 g/mol. The number of aryl methyl sites for hydroxylation is 1. The molecule has 1 heterocycles. The Balaban J connectivity index is 1.78. The number of ether oxygens (including phenoxy) is 3. The summed E-state index contributed by atoms with van der Waals surface area (Å²) in [4.78, 5) is 28.8. The van der Waals surface area contributed by atoms with Gasteiger partial charge in [-0.1, -0.05) is 22.0 Å². The number of carbonyl (C=O) groups is 2. The van der Waals surface area contributed by atoms with E-state index in [-0.39, 0.29) is 18.2 Å². The molecule has 0 aliphatic carbocycles. The summed E-state index contributed by atoms with van der Waals surface area (Å²) in [6.07, 6.45) is 0.680. The molecule has 0 bridgehead atoms. The molecule has 4 rings (SSSR count). The number of carbonyl (C=O) groups excluding carboxylic acids is 2. The van der Waals surface area contributed by atoms with Crippen molar-refractivity contribution in [3.8, 4) is 17.2 Å². The van der Waals surface area contributed by atoms with Gasteiger partial charge in [-0.15, -0.1) is 0 Å². The Morgan fingerprint density at radius 2 is 1.67 bits per heavy atom. The first-order chi connectivity index (χ1) is 17.4. The number of amides is 2. The summed E-state index contributed by atoms with van der Waals surface area (Å²) in [7, 11) is 4.73. The van der Waals surface area contributed by atoms with Crippen molar-refractivity contribution >= 4 is 39.1 Å². The number of benzene rings is 3. The highest BCUT2D eigenvalue weighted by Crippen LogP contribution is 2.43. The lowest BCUT2D eigenvalue weighted by molar-refractivity contribution is -0.125. The van der Waals surface area contributed by atoms with Gasteiger partial charge in [0, 0.05) is 22.3 Å². The predicted molar refractivity (Wildman–Crippen MR) is 143 cm³/mol. The summed E-state index contributed by atoms with van der Waals surface area (Å²) in [6.45, 7) is 1.94. The number of halogens is 1. The first-order valence-electron chi connectivity index (χ1n) is 11.6. The van der Waals surface area contributed by atoms with Crippen LogP contribution in [0.5, 0.6) is 17.2 Å². The smallest absolute Gasteiger partial charge is 0.229 e. The quantitative estimate of drug-likeness (QED) is 0.394. The van der Waals surface area contributed by atoms with Crippen molar-refractivity contribution in [3.05, 3.63) is 76.3 Å². The molecule has 188 valence electrons. The van der Waals surface area contributed by atoms with Gasteiger partial charge >= 0.3 is 0 Å². The average Bonchev–Trinajstić information content (AvgIpc) is 2.89. The van der Waals surface area contributed by atoms with Crippen LogP contribution in [0.3, 0.4) is 0 Å². The van der Waals surface area contributed by atoms with Crippen molar-refractivity contribution in [3.63, 3.8) is 0 Å². The molecule has 0 unspecified atom stereocenters. The zero-order valence-corrected chi connectivity index (χ0v) is 22.3. The first kappa shape index (κ1) is 25.6. The van der Waals surface area contributed by atoms with Gasteiger partial charge in [0.05, 0.1) is 33.3 Å². The van der Waals surface area contributed by atoms with Crippen molar-refractivity contribution in [1.29, 1.82) is 0 Å². The van der Waals surface area contributed by atoms with Crippen LogP contribution in [0, 0.1) is 12.8 Å². The van der Waals surface area contributed by atoms with Crippen molar-refractivity contribution in [2.24, 2.45) is 5.92 Å². The van der Waals surface area contributed by atoms with E-state index in [0.29, 0.717) is 29.4 Å². The first-order valence-corrected chi connectivity index (χ1v) is 12.4. The number of nitrogens with one attached hydrogen (secondary N) is 1. The highest BCUT2D eigenvalue weighted by molar-refractivity contribution is 9.10. The number of anilines is 2. The van der Waals surface area contributed by atoms with Crippen LogP contribution in [0.1, 0.15) is 30.0 Å². The summed E-state index contributed by atoms with van der Waals surface area (Å²) >= 11 is 3.47. The lowest BCUT2D eigenvalue weighted by Gasteiger charge is -2.41. The SMILES string of the molecule is COc1ccc(N2C(=O)CC[C@@H](C(=O)Nc3ccc(Br)cc3C)[C@H]2c2ccc(OC)c(OC)c2)cc1. The molecule has 7 nitrogen and oxygen atoms in total. The summed E-state index contributed by atoms with van der Waals surface area (Å²) in [6, 6.07) is 18.0. The molecule has 2 atom stereocenters. The highest BCUT2D eigenvalue weighted by atomic mass is 79.9. The van der Waals surface area contributed by atoms with Crippen LogP contribution >= 0.6 is 15.9 Å². The van der Waals surface area contributed by atoms with E-state index in [1.54, 1.807) is 32.3 Å². The van der Waals surface area contributed by atoms with Gasteiger partial charge in [-0.3, -0.25) is 9.59 Å². The van der Waals surface area contributed by atoms with E-state index in [2.05, 4.69) is 21.2 Å². The molecule has 1 aliphatic heterocycles. The second kappa shape index (κ2) is 11.0.